The molecule has 3 aromatic heterocycles. The first-order valence-electron chi connectivity index (χ1n) is 9.24. The lowest BCUT2D eigenvalue weighted by atomic mass is 10.1. The van der Waals surface area contributed by atoms with Crippen molar-refractivity contribution in [3.8, 4) is 17.6 Å². The summed E-state index contributed by atoms with van der Waals surface area (Å²) in [6, 6.07) is 5.27. The molecule has 0 N–H and O–H groups in total. The van der Waals surface area contributed by atoms with E-state index in [-0.39, 0.29) is 45.1 Å². The maximum atomic E-state index is 13.5. The van der Waals surface area contributed by atoms with E-state index in [4.69, 9.17) is 20.9 Å². The lowest BCUT2D eigenvalue weighted by molar-refractivity contribution is -0.00786. The molecule has 30 heavy (non-hydrogen) atoms. The van der Waals surface area contributed by atoms with Crippen molar-refractivity contribution in [1.82, 2.24) is 24.1 Å². The normalized spacial score (nSPS) is 12.2. The van der Waals surface area contributed by atoms with Gasteiger partial charge in [-0.1, -0.05) is 16.8 Å². The Hall–Kier alpha value is -3.22. The van der Waals surface area contributed by atoms with E-state index in [0.29, 0.717) is 11.0 Å². The van der Waals surface area contributed by atoms with E-state index >= 15 is 0 Å². The Morgan fingerprint density at radius 1 is 1.30 bits per heavy atom. The monoisotopic (exact) mass is 426 g/mol. The van der Waals surface area contributed by atoms with E-state index in [9.17, 15) is 10.1 Å². The number of nitriles is 1. The van der Waals surface area contributed by atoms with Crippen molar-refractivity contribution in [2.45, 2.75) is 39.3 Å². The lowest BCUT2D eigenvalue weighted by Gasteiger charge is -2.17. The second kappa shape index (κ2) is 6.93. The summed E-state index contributed by atoms with van der Waals surface area (Å²) in [6.45, 7) is 7.32. The van der Waals surface area contributed by atoms with Gasteiger partial charge < -0.3 is 13.8 Å². The van der Waals surface area contributed by atoms with Crippen LogP contribution in [-0.4, -0.2) is 31.2 Å². The highest BCUT2D eigenvalue weighted by Crippen LogP contribution is 2.30. The van der Waals surface area contributed by atoms with Gasteiger partial charge in [-0.05, 0) is 39.8 Å². The zero-order valence-electron chi connectivity index (χ0n) is 17.1. The maximum absolute atomic E-state index is 13.5. The van der Waals surface area contributed by atoms with Crippen molar-refractivity contribution in [2.75, 3.05) is 7.11 Å². The minimum Gasteiger partial charge on any atom is -0.369 e. The minimum atomic E-state index is -0.788. The van der Waals surface area contributed by atoms with E-state index < -0.39 is 5.60 Å². The number of methoxy groups -OCH3 is 1. The predicted molar refractivity (Wildman–Crippen MR) is 110 cm³/mol. The Morgan fingerprint density at radius 3 is 2.67 bits per heavy atom. The topological polar surface area (TPSA) is 111 Å². The minimum absolute atomic E-state index is 0.179. The first kappa shape index (κ1) is 20.1. The first-order valence-corrected chi connectivity index (χ1v) is 9.62. The van der Waals surface area contributed by atoms with Crippen molar-refractivity contribution < 1.29 is 9.26 Å². The molecule has 0 saturated carbocycles. The third-order valence-corrected chi connectivity index (χ3v) is 5.40. The van der Waals surface area contributed by atoms with Crippen LogP contribution in [0.5, 0.6) is 0 Å². The van der Waals surface area contributed by atoms with Gasteiger partial charge in [-0.2, -0.15) is 10.2 Å². The second-order valence-electron chi connectivity index (χ2n) is 7.62. The highest BCUT2D eigenvalue weighted by molar-refractivity contribution is 6.32. The average Bonchev–Trinajstić information content (AvgIpc) is 3.35. The van der Waals surface area contributed by atoms with E-state index in [1.165, 1.54) is 6.33 Å². The fraction of sp³-hybridized carbons (Fsp3) is 0.350. The summed E-state index contributed by atoms with van der Waals surface area (Å²) in [6.07, 6.45) is 1.51. The Bertz CT molecular complexity index is 1390. The van der Waals surface area contributed by atoms with Crippen molar-refractivity contribution in [1.29, 1.82) is 5.26 Å². The largest absolute Gasteiger partial charge is 0.369 e. The van der Waals surface area contributed by atoms with Crippen molar-refractivity contribution in [3.05, 3.63) is 45.3 Å². The highest BCUT2D eigenvalue weighted by Gasteiger charge is 2.29. The van der Waals surface area contributed by atoms with E-state index in [1.807, 2.05) is 13.8 Å². The molecule has 0 aliphatic carbocycles. The maximum Gasteiger partial charge on any atom is 0.278 e. The molecule has 9 nitrogen and oxygen atoms in total. The van der Waals surface area contributed by atoms with Crippen LogP contribution in [0.3, 0.4) is 0 Å². The average molecular weight is 427 g/mol. The molecule has 4 rings (SSSR count). The number of imidazole rings is 1. The summed E-state index contributed by atoms with van der Waals surface area (Å²) in [5.41, 5.74) is 0.762. The predicted octanol–water partition coefficient (Wildman–Crippen LogP) is 3.69. The van der Waals surface area contributed by atoms with Gasteiger partial charge in [-0.15, -0.1) is 0 Å². The van der Waals surface area contributed by atoms with E-state index in [0.717, 1.165) is 0 Å². The Morgan fingerprint density at radius 2 is 2.03 bits per heavy atom. The van der Waals surface area contributed by atoms with Crippen molar-refractivity contribution in [3.63, 3.8) is 0 Å². The summed E-state index contributed by atoms with van der Waals surface area (Å²) in [5, 5.41) is 13.9. The highest BCUT2D eigenvalue weighted by atomic mass is 35.5. The molecule has 0 fully saturated rings. The zero-order valence-corrected chi connectivity index (χ0v) is 17.9. The summed E-state index contributed by atoms with van der Waals surface area (Å²) in [4.78, 5) is 22.3. The number of aromatic nitrogens is 5. The summed E-state index contributed by atoms with van der Waals surface area (Å²) >= 11 is 6.24. The standard InChI is InChI=1S/C20H19ClN6O3/c1-10(2)27-15-11(8-22)12(21)6-7-13(15)26-9-23-14(16(26)18(27)28)17-24-19(30-25-17)20(3,4)29-5/h6-7,9-10H,1-5H3. The molecular weight excluding hydrogens is 408 g/mol. The molecule has 154 valence electrons. The number of halogens is 1. The van der Waals surface area contributed by atoms with Crippen LogP contribution < -0.4 is 5.56 Å². The molecule has 10 heteroatoms. The van der Waals surface area contributed by atoms with Crippen LogP contribution in [0.2, 0.25) is 5.02 Å². The quantitative estimate of drug-likeness (QED) is 0.489. The molecule has 0 unspecified atom stereocenters. The van der Waals surface area contributed by atoms with Gasteiger partial charge >= 0.3 is 0 Å². The van der Waals surface area contributed by atoms with Crippen LogP contribution in [0.1, 0.15) is 45.2 Å². The molecule has 0 atom stereocenters. The SMILES string of the molecule is COC(C)(C)c1nc(-c2ncn3c2c(=O)n(C(C)C)c2c(C#N)c(Cl)ccc23)no1. The van der Waals surface area contributed by atoms with Crippen LogP contribution in [0.15, 0.2) is 27.8 Å². The molecule has 0 amide bonds. The van der Waals surface area contributed by atoms with Gasteiger partial charge in [-0.25, -0.2) is 4.98 Å². The van der Waals surface area contributed by atoms with E-state index in [1.54, 1.807) is 42.1 Å². The molecule has 0 bridgehead atoms. The van der Waals surface area contributed by atoms with Crippen molar-refractivity contribution >= 4 is 28.2 Å². The number of hydrogen-bond donors (Lipinski definition) is 0. The first-order chi connectivity index (χ1) is 14.2. The van der Waals surface area contributed by atoms with Gasteiger partial charge in [-0.3, -0.25) is 9.20 Å². The van der Waals surface area contributed by atoms with Gasteiger partial charge in [0.25, 0.3) is 11.4 Å². The van der Waals surface area contributed by atoms with Crippen LogP contribution >= 0.6 is 11.6 Å². The third-order valence-electron chi connectivity index (χ3n) is 5.09. The van der Waals surface area contributed by atoms with Crippen LogP contribution in [0.25, 0.3) is 28.1 Å². The summed E-state index contributed by atoms with van der Waals surface area (Å²) < 4.78 is 13.9. The molecule has 0 aliphatic rings. The lowest BCUT2D eigenvalue weighted by Crippen LogP contribution is -2.25. The van der Waals surface area contributed by atoms with Crippen LogP contribution in [0, 0.1) is 11.3 Å². The Kier molecular flexibility index (Phi) is 4.64. The molecule has 0 spiro atoms. The van der Waals surface area contributed by atoms with E-state index in [2.05, 4.69) is 21.2 Å². The molecule has 4 aromatic rings. The summed E-state index contributed by atoms with van der Waals surface area (Å²) in [7, 11) is 1.54. The number of ether oxygens (including phenoxy) is 1. The van der Waals surface area contributed by atoms with Gasteiger partial charge in [0.15, 0.2) is 0 Å². The molecular formula is C20H19ClN6O3. The van der Waals surface area contributed by atoms with Crippen LogP contribution in [-0.2, 0) is 10.3 Å². The Balaban J connectivity index is 2.10. The van der Waals surface area contributed by atoms with Gasteiger partial charge in [0.05, 0.1) is 21.6 Å². The third kappa shape index (κ3) is 2.80. The zero-order chi connectivity index (χ0) is 21.8. The van der Waals surface area contributed by atoms with Crippen LogP contribution in [0.4, 0.5) is 0 Å². The molecule has 0 saturated heterocycles. The fourth-order valence-corrected chi connectivity index (χ4v) is 3.55. The van der Waals surface area contributed by atoms with Gasteiger partial charge in [0, 0.05) is 13.2 Å². The second-order valence-corrected chi connectivity index (χ2v) is 8.03. The number of fused-ring (bicyclic) bond motifs is 3. The number of benzene rings is 1. The fourth-order valence-electron chi connectivity index (χ4n) is 3.36. The number of hydrogen-bond acceptors (Lipinski definition) is 7. The Labute approximate surface area is 176 Å². The van der Waals surface area contributed by atoms with Crippen molar-refractivity contribution in [2.24, 2.45) is 0 Å². The molecule has 0 aliphatic heterocycles. The van der Waals surface area contributed by atoms with Gasteiger partial charge in [0.2, 0.25) is 5.82 Å². The van der Waals surface area contributed by atoms with Gasteiger partial charge in [0.1, 0.15) is 29.2 Å². The molecule has 1 aromatic carbocycles. The molecule has 3 heterocycles. The molecule has 0 radical (unpaired) electrons. The number of rotatable bonds is 4. The number of nitrogens with zero attached hydrogens (tertiary/aromatic N) is 6. The summed E-state index contributed by atoms with van der Waals surface area (Å²) in [5.74, 6) is 0.448. The smallest absolute Gasteiger partial charge is 0.278 e.